The van der Waals surface area contributed by atoms with Crippen molar-refractivity contribution in [2.24, 2.45) is 5.92 Å². The number of hydrogen-bond acceptors (Lipinski definition) is 7. The molecule has 1 saturated heterocycles. The van der Waals surface area contributed by atoms with Gasteiger partial charge in [-0.2, -0.15) is 4.39 Å². The van der Waals surface area contributed by atoms with Gasteiger partial charge in [0.05, 0.1) is 27.3 Å². The first-order valence-corrected chi connectivity index (χ1v) is 12.7. The lowest BCUT2D eigenvalue weighted by molar-refractivity contribution is -0.118. The van der Waals surface area contributed by atoms with Gasteiger partial charge in [0.1, 0.15) is 0 Å². The van der Waals surface area contributed by atoms with Gasteiger partial charge in [0.25, 0.3) is 5.56 Å². The van der Waals surface area contributed by atoms with E-state index >= 15 is 0 Å². The first-order valence-electron chi connectivity index (χ1n) is 9.92. The SMILES string of the molecule is O=C(Nc1ncc(F)s1)[C@H](CC1CCOCC1)c1c(S(=O)(=O)C2CC2)c(Cl)c[nH]c1=O. The summed E-state index contributed by atoms with van der Waals surface area (Å²) in [6, 6.07) is 0. The molecule has 12 heteroatoms. The molecule has 0 spiro atoms. The maximum atomic E-state index is 13.3. The molecule has 2 aliphatic rings. The minimum Gasteiger partial charge on any atom is -0.381 e. The van der Waals surface area contributed by atoms with E-state index in [-0.39, 0.29) is 33.0 Å². The highest BCUT2D eigenvalue weighted by molar-refractivity contribution is 7.92. The summed E-state index contributed by atoms with van der Waals surface area (Å²) in [6.07, 6.45) is 4.68. The van der Waals surface area contributed by atoms with E-state index in [0.29, 0.717) is 50.2 Å². The standard InChI is InChI=1S/C19H21ClFN3O5S2/c20-13-8-22-18(26)15(16(13)31(27,28)11-1-2-11)12(7-10-3-5-29-6-4-10)17(25)24-19-23-9-14(21)30-19/h8-12H,1-7H2,(H,22,26)(H,23,24,25)/t12-/m1/s1. The number of amides is 1. The monoisotopic (exact) mass is 489 g/mol. The van der Waals surface area contributed by atoms with E-state index in [1.165, 1.54) is 0 Å². The number of H-pyrrole nitrogens is 1. The summed E-state index contributed by atoms with van der Waals surface area (Å²) in [4.78, 5) is 32.1. The smallest absolute Gasteiger partial charge is 0.253 e. The van der Waals surface area contributed by atoms with E-state index in [0.717, 1.165) is 12.4 Å². The quantitative estimate of drug-likeness (QED) is 0.617. The van der Waals surface area contributed by atoms with Gasteiger partial charge in [-0.3, -0.25) is 9.59 Å². The number of hydrogen-bond donors (Lipinski definition) is 2. The lowest BCUT2D eigenvalue weighted by Gasteiger charge is -2.27. The van der Waals surface area contributed by atoms with Crippen LogP contribution in [0.25, 0.3) is 0 Å². The summed E-state index contributed by atoms with van der Waals surface area (Å²) in [7, 11) is -3.87. The minimum absolute atomic E-state index is 0.0320. The summed E-state index contributed by atoms with van der Waals surface area (Å²) in [5.41, 5.74) is -0.846. The highest BCUT2D eigenvalue weighted by Crippen LogP contribution is 2.40. The lowest BCUT2D eigenvalue weighted by atomic mass is 9.85. The number of rotatable bonds is 7. The number of aromatic nitrogens is 2. The van der Waals surface area contributed by atoms with Gasteiger partial charge in [0.2, 0.25) is 5.91 Å². The second-order valence-electron chi connectivity index (χ2n) is 7.76. The number of aromatic amines is 1. The number of halogens is 2. The summed E-state index contributed by atoms with van der Waals surface area (Å²) < 4.78 is 45.0. The Kier molecular flexibility index (Phi) is 6.47. The largest absolute Gasteiger partial charge is 0.381 e. The van der Waals surface area contributed by atoms with Crippen LogP contribution in [0, 0.1) is 11.0 Å². The summed E-state index contributed by atoms with van der Waals surface area (Å²) in [5.74, 6) is -1.67. The van der Waals surface area contributed by atoms with Crippen molar-refractivity contribution in [3.63, 3.8) is 0 Å². The number of anilines is 1. The number of carbonyl (C=O) groups is 1. The second kappa shape index (κ2) is 8.97. The fourth-order valence-electron chi connectivity index (χ4n) is 3.83. The van der Waals surface area contributed by atoms with Crippen LogP contribution in [-0.4, -0.2) is 42.8 Å². The Morgan fingerprint density at radius 3 is 2.68 bits per heavy atom. The maximum absolute atomic E-state index is 13.3. The Hall–Kier alpha value is -1.82. The summed E-state index contributed by atoms with van der Waals surface area (Å²) in [5, 5.41) is 1.26. The third-order valence-electron chi connectivity index (χ3n) is 5.57. The van der Waals surface area contributed by atoms with Crippen LogP contribution in [-0.2, 0) is 19.4 Å². The zero-order chi connectivity index (χ0) is 22.2. The van der Waals surface area contributed by atoms with Gasteiger partial charge >= 0.3 is 0 Å². The van der Waals surface area contributed by atoms with Crippen molar-refractivity contribution in [2.45, 2.75) is 48.2 Å². The normalized spacial score (nSPS) is 18.6. The van der Waals surface area contributed by atoms with Crippen molar-refractivity contribution >= 4 is 43.8 Å². The number of ether oxygens (including phenoxy) is 1. The Balaban J connectivity index is 1.78. The fraction of sp³-hybridized carbons (Fsp3) is 0.526. The molecular formula is C19H21ClFN3O5S2. The maximum Gasteiger partial charge on any atom is 0.253 e. The Labute approximate surface area is 187 Å². The molecule has 3 heterocycles. The molecule has 1 amide bonds. The molecule has 0 unspecified atom stereocenters. The van der Waals surface area contributed by atoms with Gasteiger partial charge in [-0.05, 0) is 38.0 Å². The predicted molar refractivity (Wildman–Crippen MR) is 114 cm³/mol. The first kappa shape index (κ1) is 22.4. The van der Waals surface area contributed by atoms with Crippen LogP contribution in [0.5, 0.6) is 0 Å². The van der Waals surface area contributed by atoms with Gasteiger partial charge in [0.15, 0.2) is 20.1 Å². The van der Waals surface area contributed by atoms with Gasteiger partial charge in [-0.15, -0.1) is 0 Å². The van der Waals surface area contributed by atoms with E-state index < -0.39 is 37.6 Å². The van der Waals surface area contributed by atoms with Crippen LogP contribution in [0.2, 0.25) is 5.02 Å². The van der Waals surface area contributed by atoms with E-state index in [4.69, 9.17) is 16.3 Å². The van der Waals surface area contributed by atoms with Crippen LogP contribution in [0.4, 0.5) is 9.52 Å². The molecule has 0 bridgehead atoms. The van der Waals surface area contributed by atoms with Gasteiger partial charge in [0, 0.05) is 25.0 Å². The molecule has 1 aliphatic heterocycles. The third kappa shape index (κ3) is 4.84. The van der Waals surface area contributed by atoms with Crippen LogP contribution < -0.4 is 10.9 Å². The average Bonchev–Trinajstić information content (AvgIpc) is 3.52. The van der Waals surface area contributed by atoms with Gasteiger partial charge in [-0.1, -0.05) is 22.9 Å². The lowest BCUT2D eigenvalue weighted by Crippen LogP contribution is -2.32. The van der Waals surface area contributed by atoms with Crippen molar-refractivity contribution in [1.29, 1.82) is 0 Å². The average molecular weight is 490 g/mol. The number of nitrogens with one attached hydrogen (secondary N) is 2. The van der Waals surface area contributed by atoms with Crippen molar-refractivity contribution in [1.82, 2.24) is 9.97 Å². The first-order chi connectivity index (χ1) is 14.8. The number of carbonyl (C=O) groups excluding carboxylic acids is 1. The molecule has 168 valence electrons. The Morgan fingerprint density at radius 2 is 2.06 bits per heavy atom. The second-order valence-corrected chi connectivity index (χ2v) is 11.3. The number of thiazole rings is 1. The van der Waals surface area contributed by atoms with Gasteiger partial charge in [-0.25, -0.2) is 13.4 Å². The van der Waals surface area contributed by atoms with E-state index in [1.807, 2.05) is 0 Å². The predicted octanol–water partition coefficient (Wildman–Crippen LogP) is 3.10. The molecule has 31 heavy (non-hydrogen) atoms. The van der Waals surface area contributed by atoms with E-state index in [2.05, 4.69) is 15.3 Å². The number of nitrogens with zero attached hydrogens (tertiary/aromatic N) is 1. The van der Waals surface area contributed by atoms with Crippen molar-refractivity contribution in [3.05, 3.63) is 38.5 Å². The fourth-order valence-corrected chi connectivity index (χ4v) is 6.82. The van der Waals surface area contributed by atoms with Crippen molar-refractivity contribution < 1.29 is 22.3 Å². The van der Waals surface area contributed by atoms with Crippen LogP contribution >= 0.6 is 22.9 Å². The Morgan fingerprint density at radius 1 is 1.35 bits per heavy atom. The molecule has 2 fully saturated rings. The molecule has 1 aliphatic carbocycles. The molecule has 8 nitrogen and oxygen atoms in total. The number of pyridine rings is 1. The zero-order valence-corrected chi connectivity index (χ0v) is 18.8. The summed E-state index contributed by atoms with van der Waals surface area (Å²) in [6.45, 7) is 1.05. The molecule has 1 saturated carbocycles. The molecule has 4 rings (SSSR count). The van der Waals surface area contributed by atoms with Crippen LogP contribution in [0.15, 0.2) is 22.1 Å². The zero-order valence-electron chi connectivity index (χ0n) is 16.4. The molecule has 1 atom stereocenters. The molecule has 0 aromatic carbocycles. The molecule has 2 N–H and O–H groups in total. The molecular weight excluding hydrogens is 469 g/mol. The topological polar surface area (TPSA) is 118 Å². The van der Waals surface area contributed by atoms with Crippen LogP contribution in [0.3, 0.4) is 0 Å². The van der Waals surface area contributed by atoms with Crippen molar-refractivity contribution in [2.75, 3.05) is 18.5 Å². The third-order valence-corrected chi connectivity index (χ3v) is 9.04. The van der Waals surface area contributed by atoms with E-state index in [9.17, 15) is 22.4 Å². The molecule has 0 radical (unpaired) electrons. The van der Waals surface area contributed by atoms with Crippen LogP contribution in [0.1, 0.15) is 43.6 Å². The highest BCUT2D eigenvalue weighted by atomic mass is 35.5. The summed E-state index contributed by atoms with van der Waals surface area (Å²) >= 11 is 6.90. The van der Waals surface area contributed by atoms with Gasteiger partial charge < -0.3 is 15.0 Å². The Bertz CT molecular complexity index is 1140. The molecule has 2 aromatic heterocycles. The molecule has 2 aromatic rings. The minimum atomic E-state index is -3.87. The van der Waals surface area contributed by atoms with Crippen molar-refractivity contribution in [3.8, 4) is 0 Å². The number of sulfone groups is 1. The van der Waals surface area contributed by atoms with E-state index in [1.54, 1.807) is 0 Å². The highest BCUT2D eigenvalue weighted by Gasteiger charge is 2.42.